The minimum absolute atomic E-state index is 0.756. The summed E-state index contributed by atoms with van der Waals surface area (Å²) in [5.41, 5.74) is 0. The molecule has 0 N–H and O–H groups in total. The van der Waals surface area contributed by atoms with Crippen LogP contribution in [0.25, 0.3) is 0 Å². The van der Waals surface area contributed by atoms with Gasteiger partial charge in [-0.25, -0.2) is 0 Å². The molecule has 0 unspecified atom stereocenters. The standard InChI is InChI=1S/C11H19O/c1-3-4-5-6-7-8-9-10-11-12-2/h1,3-7,10-11H2,2H3. The number of ether oxygens (including phenoxy) is 1. The lowest BCUT2D eigenvalue weighted by atomic mass is 10.1. The maximum absolute atomic E-state index is 4.88. The maximum atomic E-state index is 4.88. The van der Waals surface area contributed by atoms with Crippen LogP contribution in [0.15, 0.2) is 0 Å². The number of hydrogen-bond donors (Lipinski definition) is 0. The first-order chi connectivity index (χ1) is 5.91. The van der Waals surface area contributed by atoms with Crippen molar-refractivity contribution in [2.24, 2.45) is 0 Å². The summed E-state index contributed by atoms with van der Waals surface area (Å²) in [6, 6.07) is 0. The van der Waals surface area contributed by atoms with E-state index in [0.717, 1.165) is 25.9 Å². The van der Waals surface area contributed by atoms with Crippen molar-refractivity contribution in [1.82, 2.24) is 0 Å². The molecule has 1 heteroatoms. The van der Waals surface area contributed by atoms with Crippen LogP contribution in [0.2, 0.25) is 0 Å². The Morgan fingerprint density at radius 2 is 1.83 bits per heavy atom. The predicted octanol–water partition coefficient (Wildman–Crippen LogP) is 2.81. The van der Waals surface area contributed by atoms with E-state index in [2.05, 4.69) is 18.8 Å². The van der Waals surface area contributed by atoms with Crippen molar-refractivity contribution in [1.29, 1.82) is 0 Å². The summed E-state index contributed by atoms with van der Waals surface area (Å²) in [5, 5.41) is 0. The molecule has 0 saturated heterocycles. The minimum atomic E-state index is 0.756. The van der Waals surface area contributed by atoms with Crippen LogP contribution in [0.3, 0.4) is 0 Å². The summed E-state index contributed by atoms with van der Waals surface area (Å²) in [5.74, 6) is 6.20. The highest BCUT2D eigenvalue weighted by atomic mass is 16.5. The van der Waals surface area contributed by atoms with E-state index >= 15 is 0 Å². The molecule has 0 fully saturated rings. The van der Waals surface area contributed by atoms with Gasteiger partial charge in [0.1, 0.15) is 0 Å². The normalized spacial score (nSPS) is 9.17. The van der Waals surface area contributed by atoms with E-state index in [0.29, 0.717) is 0 Å². The van der Waals surface area contributed by atoms with Crippen molar-refractivity contribution in [3.05, 3.63) is 6.92 Å². The molecule has 0 aromatic heterocycles. The topological polar surface area (TPSA) is 9.23 Å². The largest absolute Gasteiger partial charge is 0.384 e. The molecule has 0 aromatic carbocycles. The molecule has 0 heterocycles. The van der Waals surface area contributed by atoms with Gasteiger partial charge in [-0.2, -0.15) is 0 Å². The van der Waals surface area contributed by atoms with Crippen molar-refractivity contribution < 1.29 is 4.74 Å². The number of rotatable bonds is 6. The van der Waals surface area contributed by atoms with Gasteiger partial charge in [0.05, 0.1) is 6.61 Å². The third kappa shape index (κ3) is 9.52. The molecular weight excluding hydrogens is 148 g/mol. The summed E-state index contributed by atoms with van der Waals surface area (Å²) in [6.07, 6.45) is 6.67. The predicted molar refractivity (Wildman–Crippen MR) is 52.7 cm³/mol. The quantitative estimate of drug-likeness (QED) is 0.436. The fourth-order valence-electron chi connectivity index (χ4n) is 0.897. The zero-order chi connectivity index (χ0) is 9.07. The van der Waals surface area contributed by atoms with Crippen LogP contribution in [-0.4, -0.2) is 13.7 Å². The Hall–Kier alpha value is -0.480. The lowest BCUT2D eigenvalue weighted by Gasteiger charge is -1.92. The Labute approximate surface area is 76.5 Å². The second kappa shape index (κ2) is 10.5. The van der Waals surface area contributed by atoms with Crippen molar-refractivity contribution in [2.75, 3.05) is 13.7 Å². The van der Waals surface area contributed by atoms with Crippen LogP contribution in [0, 0.1) is 18.8 Å². The summed E-state index contributed by atoms with van der Waals surface area (Å²) < 4.78 is 4.88. The van der Waals surface area contributed by atoms with E-state index in [1.54, 1.807) is 7.11 Å². The number of unbranched alkanes of at least 4 members (excludes halogenated alkanes) is 4. The van der Waals surface area contributed by atoms with E-state index in [4.69, 9.17) is 4.74 Å². The first kappa shape index (κ1) is 11.5. The molecule has 0 aliphatic heterocycles. The summed E-state index contributed by atoms with van der Waals surface area (Å²) in [7, 11) is 1.70. The van der Waals surface area contributed by atoms with Gasteiger partial charge in [0.25, 0.3) is 0 Å². The van der Waals surface area contributed by atoms with Gasteiger partial charge in [0.2, 0.25) is 0 Å². The summed E-state index contributed by atoms with van der Waals surface area (Å²) in [6.45, 7) is 4.55. The van der Waals surface area contributed by atoms with Gasteiger partial charge in [-0.15, -0.1) is 11.8 Å². The second-order valence-electron chi connectivity index (χ2n) is 2.76. The molecule has 69 valence electrons. The van der Waals surface area contributed by atoms with Gasteiger partial charge in [-0.05, 0) is 6.42 Å². The van der Waals surface area contributed by atoms with Crippen LogP contribution < -0.4 is 0 Å². The molecule has 0 aromatic rings. The summed E-state index contributed by atoms with van der Waals surface area (Å²) >= 11 is 0. The number of methoxy groups -OCH3 is 1. The second-order valence-corrected chi connectivity index (χ2v) is 2.76. The van der Waals surface area contributed by atoms with Gasteiger partial charge in [0, 0.05) is 20.0 Å². The van der Waals surface area contributed by atoms with E-state index < -0.39 is 0 Å². The fraction of sp³-hybridized carbons (Fsp3) is 0.727. The highest BCUT2D eigenvalue weighted by Crippen LogP contribution is 2.00. The van der Waals surface area contributed by atoms with Gasteiger partial charge >= 0.3 is 0 Å². The van der Waals surface area contributed by atoms with Crippen LogP contribution in [0.4, 0.5) is 0 Å². The van der Waals surface area contributed by atoms with Crippen LogP contribution in [0.1, 0.15) is 38.5 Å². The highest BCUT2D eigenvalue weighted by Gasteiger charge is 1.83. The zero-order valence-corrected chi connectivity index (χ0v) is 8.07. The van der Waals surface area contributed by atoms with E-state index in [9.17, 15) is 0 Å². The Bertz CT molecular complexity index is 130. The average Bonchev–Trinajstić information content (AvgIpc) is 2.10. The van der Waals surface area contributed by atoms with Gasteiger partial charge in [-0.3, -0.25) is 0 Å². The molecule has 0 saturated carbocycles. The Morgan fingerprint density at radius 3 is 2.50 bits per heavy atom. The van der Waals surface area contributed by atoms with Crippen molar-refractivity contribution in [3.63, 3.8) is 0 Å². The SMILES string of the molecule is [CH2]CCCCCC#CCCOC. The molecule has 0 rings (SSSR count). The van der Waals surface area contributed by atoms with E-state index in [-0.39, 0.29) is 0 Å². The third-order valence-corrected chi connectivity index (χ3v) is 1.61. The smallest absolute Gasteiger partial charge is 0.0571 e. The molecule has 0 amide bonds. The third-order valence-electron chi connectivity index (χ3n) is 1.61. The molecule has 1 nitrogen and oxygen atoms in total. The lowest BCUT2D eigenvalue weighted by Crippen LogP contribution is -1.83. The number of hydrogen-bond acceptors (Lipinski definition) is 1. The molecular formula is C11H19O. The summed E-state index contributed by atoms with van der Waals surface area (Å²) in [4.78, 5) is 0. The molecule has 0 bridgehead atoms. The van der Waals surface area contributed by atoms with Crippen LogP contribution >= 0.6 is 0 Å². The first-order valence-electron chi connectivity index (χ1n) is 4.65. The molecule has 0 aliphatic rings. The lowest BCUT2D eigenvalue weighted by molar-refractivity contribution is 0.206. The van der Waals surface area contributed by atoms with Crippen molar-refractivity contribution >= 4 is 0 Å². The highest BCUT2D eigenvalue weighted by molar-refractivity contribution is 4.98. The van der Waals surface area contributed by atoms with E-state index in [1.807, 2.05) is 0 Å². The first-order valence-corrected chi connectivity index (χ1v) is 4.65. The average molecular weight is 167 g/mol. The molecule has 1 radical (unpaired) electrons. The van der Waals surface area contributed by atoms with E-state index in [1.165, 1.54) is 19.3 Å². The Kier molecular flexibility index (Phi) is 10.1. The fourth-order valence-corrected chi connectivity index (χ4v) is 0.897. The Morgan fingerprint density at radius 1 is 1.08 bits per heavy atom. The zero-order valence-electron chi connectivity index (χ0n) is 8.07. The van der Waals surface area contributed by atoms with Gasteiger partial charge in [-0.1, -0.05) is 26.2 Å². The molecule has 0 spiro atoms. The minimum Gasteiger partial charge on any atom is -0.384 e. The Balaban J connectivity index is 2.99. The van der Waals surface area contributed by atoms with Crippen LogP contribution in [0.5, 0.6) is 0 Å². The van der Waals surface area contributed by atoms with Gasteiger partial charge < -0.3 is 4.74 Å². The molecule has 0 atom stereocenters. The van der Waals surface area contributed by atoms with Gasteiger partial charge in [0.15, 0.2) is 0 Å². The maximum Gasteiger partial charge on any atom is 0.0571 e. The molecule has 12 heavy (non-hydrogen) atoms. The monoisotopic (exact) mass is 167 g/mol. The molecule has 0 aliphatic carbocycles. The van der Waals surface area contributed by atoms with Crippen LogP contribution in [-0.2, 0) is 4.74 Å². The van der Waals surface area contributed by atoms with Crippen molar-refractivity contribution in [2.45, 2.75) is 38.5 Å². The van der Waals surface area contributed by atoms with Crippen molar-refractivity contribution in [3.8, 4) is 11.8 Å².